The lowest BCUT2D eigenvalue weighted by Gasteiger charge is -2.23. The smallest absolute Gasteiger partial charge is 0.416 e. The number of hydrogen-bond acceptors (Lipinski definition) is 2. The Morgan fingerprint density at radius 2 is 1.29 bits per heavy atom. The number of hydrogen-bond donors (Lipinski definition) is 0. The molecule has 35 heavy (non-hydrogen) atoms. The molecule has 3 nitrogen and oxygen atoms in total. The number of halogens is 9. The van der Waals surface area contributed by atoms with Crippen LogP contribution in [-0.4, -0.2) is 17.0 Å². The van der Waals surface area contributed by atoms with Gasteiger partial charge in [-0.25, -0.2) is 4.79 Å². The van der Waals surface area contributed by atoms with Gasteiger partial charge >= 0.3 is 24.6 Å². The van der Waals surface area contributed by atoms with Crippen LogP contribution in [0.3, 0.4) is 0 Å². The molecule has 1 fully saturated rings. The monoisotopic (exact) mass is 515 g/mol. The Balaban J connectivity index is 0.00000210. The zero-order valence-corrected chi connectivity index (χ0v) is 19.0. The minimum atomic E-state index is -5.09. The largest absolute Gasteiger partial charge is 0.439 e. The normalized spacial score (nSPS) is 18.8. The number of ether oxygens (including phenoxy) is 1. The number of benzene rings is 2. The third kappa shape index (κ3) is 6.40. The zero-order valence-electron chi connectivity index (χ0n) is 19.0. The van der Waals surface area contributed by atoms with Gasteiger partial charge in [-0.15, -0.1) is 0 Å². The average molecular weight is 515 g/mol. The van der Waals surface area contributed by atoms with Crippen molar-refractivity contribution in [2.24, 2.45) is 0 Å². The molecule has 1 amide bonds. The van der Waals surface area contributed by atoms with E-state index >= 15 is 0 Å². The molecule has 0 bridgehead atoms. The summed E-state index contributed by atoms with van der Waals surface area (Å²) >= 11 is 0. The predicted octanol–water partition coefficient (Wildman–Crippen LogP) is 8.16. The fourth-order valence-corrected chi connectivity index (χ4v) is 3.50. The van der Waals surface area contributed by atoms with Crippen LogP contribution in [0.15, 0.2) is 36.4 Å². The lowest BCUT2D eigenvalue weighted by molar-refractivity contribution is -0.143. The molecular weight excluding hydrogens is 493 g/mol. The van der Waals surface area contributed by atoms with Crippen molar-refractivity contribution >= 4 is 6.09 Å². The Bertz CT molecular complexity index is 1030. The summed E-state index contributed by atoms with van der Waals surface area (Å²) in [5.41, 5.74) is -4.11. The van der Waals surface area contributed by atoms with Gasteiger partial charge in [-0.1, -0.05) is 19.9 Å². The first-order chi connectivity index (χ1) is 16.0. The van der Waals surface area contributed by atoms with E-state index in [1.54, 1.807) is 0 Å². The summed E-state index contributed by atoms with van der Waals surface area (Å²) in [6, 6.07) is 2.70. The predicted molar refractivity (Wildman–Crippen MR) is 108 cm³/mol. The lowest BCUT2D eigenvalue weighted by atomic mass is 9.97. The van der Waals surface area contributed by atoms with Gasteiger partial charge in [0.15, 0.2) is 0 Å². The van der Waals surface area contributed by atoms with Gasteiger partial charge < -0.3 is 4.74 Å². The molecule has 0 spiro atoms. The first kappa shape index (κ1) is 28.3. The number of nitrogens with zero attached hydrogens (tertiary/aromatic N) is 1. The van der Waals surface area contributed by atoms with Crippen molar-refractivity contribution in [1.29, 1.82) is 0 Å². The van der Waals surface area contributed by atoms with E-state index in [1.807, 2.05) is 13.8 Å². The SMILES string of the molecule is CC.Cc1ccc(C(F)(F)F)cc1CN1C(=O)OC(c2cc(C(F)(F)F)cc(C(F)(F)F)c2)C1C. The fraction of sp³-hybridized carbons (Fsp3) is 0.435. The molecule has 0 aliphatic carbocycles. The van der Waals surface area contributed by atoms with Gasteiger partial charge in [-0.2, -0.15) is 39.5 Å². The molecular formula is C23H22F9NO2. The number of alkyl halides is 9. The molecule has 1 heterocycles. The Morgan fingerprint density at radius 3 is 1.74 bits per heavy atom. The maximum Gasteiger partial charge on any atom is 0.416 e. The molecule has 0 radical (unpaired) electrons. The van der Waals surface area contributed by atoms with Gasteiger partial charge in [-0.3, -0.25) is 4.90 Å². The van der Waals surface area contributed by atoms with E-state index in [2.05, 4.69) is 0 Å². The number of cyclic esters (lactones) is 1. The Labute approximate surface area is 195 Å². The Morgan fingerprint density at radius 1 is 0.800 bits per heavy atom. The molecule has 2 atom stereocenters. The molecule has 12 heteroatoms. The van der Waals surface area contributed by atoms with Crippen LogP contribution >= 0.6 is 0 Å². The van der Waals surface area contributed by atoms with Crippen molar-refractivity contribution in [3.63, 3.8) is 0 Å². The number of rotatable bonds is 3. The second-order valence-corrected chi connectivity index (χ2v) is 7.65. The highest BCUT2D eigenvalue weighted by molar-refractivity contribution is 5.71. The first-order valence-corrected chi connectivity index (χ1v) is 10.4. The van der Waals surface area contributed by atoms with E-state index in [-0.39, 0.29) is 18.2 Å². The number of amides is 1. The summed E-state index contributed by atoms with van der Waals surface area (Å²) in [6.45, 7) is 6.45. The van der Waals surface area contributed by atoms with Crippen LogP contribution in [0.2, 0.25) is 0 Å². The van der Waals surface area contributed by atoms with Gasteiger partial charge in [0, 0.05) is 6.54 Å². The molecule has 0 saturated carbocycles. The molecule has 194 valence electrons. The van der Waals surface area contributed by atoms with E-state index in [4.69, 9.17) is 4.74 Å². The highest BCUT2D eigenvalue weighted by atomic mass is 19.4. The van der Waals surface area contributed by atoms with E-state index in [0.717, 1.165) is 17.0 Å². The third-order valence-corrected chi connectivity index (χ3v) is 5.35. The van der Waals surface area contributed by atoms with E-state index in [1.165, 1.54) is 19.9 Å². The van der Waals surface area contributed by atoms with E-state index < -0.39 is 59.0 Å². The van der Waals surface area contributed by atoms with Gasteiger partial charge in [0.1, 0.15) is 6.10 Å². The molecule has 1 aliphatic heterocycles. The van der Waals surface area contributed by atoms with Crippen molar-refractivity contribution < 1.29 is 49.0 Å². The summed E-state index contributed by atoms with van der Waals surface area (Å²) in [7, 11) is 0. The topological polar surface area (TPSA) is 29.5 Å². The van der Waals surface area contributed by atoms with Crippen molar-refractivity contribution in [3.05, 3.63) is 69.8 Å². The maximum absolute atomic E-state index is 13.2. The second kappa shape index (κ2) is 9.98. The van der Waals surface area contributed by atoms with E-state index in [9.17, 15) is 44.3 Å². The van der Waals surface area contributed by atoms with Crippen molar-refractivity contribution in [2.75, 3.05) is 0 Å². The van der Waals surface area contributed by atoms with Crippen LogP contribution in [0.1, 0.15) is 60.3 Å². The Kier molecular flexibility index (Phi) is 8.08. The molecule has 1 aliphatic rings. The van der Waals surface area contributed by atoms with Gasteiger partial charge in [0.25, 0.3) is 0 Å². The van der Waals surface area contributed by atoms with Gasteiger partial charge in [0.2, 0.25) is 0 Å². The van der Waals surface area contributed by atoms with Gasteiger partial charge in [0.05, 0.1) is 22.7 Å². The third-order valence-electron chi connectivity index (χ3n) is 5.35. The molecule has 1 saturated heterocycles. The molecule has 2 aromatic rings. The quantitative estimate of drug-likeness (QED) is 0.386. The second-order valence-electron chi connectivity index (χ2n) is 7.65. The highest BCUT2D eigenvalue weighted by Crippen LogP contribution is 2.41. The molecule has 0 aromatic heterocycles. The summed E-state index contributed by atoms with van der Waals surface area (Å²) in [6.07, 6.45) is -17.4. The number of carbonyl (C=O) groups excluding carboxylic acids is 1. The molecule has 0 N–H and O–H groups in total. The van der Waals surface area contributed by atoms with E-state index in [0.29, 0.717) is 17.7 Å². The maximum atomic E-state index is 13.2. The van der Waals surface area contributed by atoms with Crippen LogP contribution in [0.25, 0.3) is 0 Å². The van der Waals surface area contributed by atoms with Crippen LogP contribution in [0.5, 0.6) is 0 Å². The van der Waals surface area contributed by atoms with Crippen LogP contribution in [-0.2, 0) is 29.8 Å². The van der Waals surface area contributed by atoms with Crippen LogP contribution in [0, 0.1) is 6.92 Å². The van der Waals surface area contributed by atoms with Gasteiger partial charge in [-0.05, 0) is 60.9 Å². The minimum absolute atomic E-state index is 0.0469. The van der Waals surface area contributed by atoms with Crippen molar-refractivity contribution in [3.8, 4) is 0 Å². The Hall–Kier alpha value is -2.92. The minimum Gasteiger partial charge on any atom is -0.439 e. The fourth-order valence-electron chi connectivity index (χ4n) is 3.50. The lowest BCUT2D eigenvalue weighted by Crippen LogP contribution is -2.32. The van der Waals surface area contributed by atoms with Crippen LogP contribution < -0.4 is 0 Å². The standard InChI is InChI=1S/C21H16F9NO2.C2H6/c1-10-3-4-14(19(22,23)24)7-13(10)9-31-11(2)17(33-18(31)32)12-5-15(20(25,26)27)8-16(6-12)21(28,29)30;1-2/h3-8,11,17H,9H2,1-2H3;1-2H3. The summed E-state index contributed by atoms with van der Waals surface area (Å²) in [5.74, 6) is 0. The molecule has 3 rings (SSSR count). The molecule has 2 aromatic carbocycles. The zero-order chi connectivity index (χ0) is 26.9. The number of aryl methyl sites for hydroxylation is 1. The van der Waals surface area contributed by atoms with Crippen molar-refractivity contribution in [2.45, 2.75) is 64.9 Å². The van der Waals surface area contributed by atoms with Crippen molar-refractivity contribution in [1.82, 2.24) is 4.90 Å². The average Bonchev–Trinajstić information content (AvgIpc) is 3.02. The summed E-state index contributed by atoms with van der Waals surface area (Å²) in [5, 5.41) is 0. The number of carbonyl (C=O) groups is 1. The highest BCUT2D eigenvalue weighted by Gasteiger charge is 2.43. The first-order valence-electron chi connectivity index (χ1n) is 10.4. The van der Waals surface area contributed by atoms with Crippen LogP contribution in [0.4, 0.5) is 44.3 Å². The molecule has 2 unspecified atom stereocenters. The summed E-state index contributed by atoms with van der Waals surface area (Å²) in [4.78, 5) is 13.3. The summed E-state index contributed by atoms with van der Waals surface area (Å²) < 4.78 is 123.